The number of anilines is 1. The first-order valence-electron chi connectivity index (χ1n) is 6.61. The van der Waals surface area contributed by atoms with Crippen LogP contribution in [-0.2, 0) is 13.0 Å². The van der Waals surface area contributed by atoms with Gasteiger partial charge in [0.05, 0.1) is 5.69 Å². The van der Waals surface area contributed by atoms with Crippen molar-refractivity contribution < 1.29 is 0 Å². The Hall–Kier alpha value is -1.77. The molecule has 0 spiro atoms. The maximum absolute atomic E-state index is 4.48. The van der Waals surface area contributed by atoms with Gasteiger partial charge >= 0.3 is 0 Å². The lowest BCUT2D eigenvalue weighted by Gasteiger charge is -2.08. The molecule has 0 fully saturated rings. The Kier molecular flexibility index (Phi) is 4.40. The predicted molar refractivity (Wildman–Crippen MR) is 75.9 cm³/mol. The Labute approximate surface area is 109 Å². The van der Waals surface area contributed by atoms with Gasteiger partial charge in [-0.3, -0.25) is 0 Å². The summed E-state index contributed by atoms with van der Waals surface area (Å²) in [7, 11) is 0. The molecule has 96 valence electrons. The van der Waals surface area contributed by atoms with Crippen LogP contribution in [0.5, 0.6) is 0 Å². The van der Waals surface area contributed by atoms with Crippen LogP contribution in [0.1, 0.15) is 24.6 Å². The molecule has 0 radical (unpaired) electrons. The van der Waals surface area contributed by atoms with Crippen LogP contribution >= 0.6 is 0 Å². The largest absolute Gasteiger partial charge is 0.356 e. The van der Waals surface area contributed by atoms with Gasteiger partial charge in [-0.05, 0) is 32.3 Å². The molecule has 0 amide bonds. The summed E-state index contributed by atoms with van der Waals surface area (Å²) >= 11 is 0. The van der Waals surface area contributed by atoms with Crippen molar-refractivity contribution in [3.05, 3.63) is 47.8 Å². The van der Waals surface area contributed by atoms with E-state index in [1.807, 2.05) is 6.92 Å². The smallest absolute Gasteiger partial charge is 0.203 e. The molecule has 2 aromatic rings. The summed E-state index contributed by atoms with van der Waals surface area (Å²) in [6.45, 7) is 6.06. The Bertz CT molecular complexity index is 474. The first-order valence-corrected chi connectivity index (χ1v) is 6.61. The molecular formula is C15H21N3. The zero-order valence-electron chi connectivity index (χ0n) is 11.2. The summed E-state index contributed by atoms with van der Waals surface area (Å²) in [4.78, 5) is 4.48. The number of aromatic nitrogens is 2. The van der Waals surface area contributed by atoms with Gasteiger partial charge in [0.2, 0.25) is 5.95 Å². The lowest BCUT2D eigenvalue weighted by atomic mass is 10.1. The van der Waals surface area contributed by atoms with Crippen molar-refractivity contribution in [2.75, 3.05) is 11.9 Å². The van der Waals surface area contributed by atoms with Crippen molar-refractivity contribution in [3.8, 4) is 0 Å². The molecule has 18 heavy (non-hydrogen) atoms. The molecule has 0 saturated carbocycles. The molecule has 0 bridgehead atoms. The third kappa shape index (κ3) is 3.36. The number of nitrogens with zero attached hydrogens (tertiary/aromatic N) is 2. The van der Waals surface area contributed by atoms with Crippen LogP contribution in [0.4, 0.5) is 5.95 Å². The number of rotatable bonds is 6. The lowest BCUT2D eigenvalue weighted by molar-refractivity contribution is 0.646. The van der Waals surface area contributed by atoms with Crippen LogP contribution in [0, 0.1) is 6.92 Å². The molecule has 1 aromatic heterocycles. The second-order valence-corrected chi connectivity index (χ2v) is 4.52. The van der Waals surface area contributed by atoms with E-state index in [1.54, 1.807) is 0 Å². The summed E-state index contributed by atoms with van der Waals surface area (Å²) < 4.78 is 2.21. The fourth-order valence-corrected chi connectivity index (χ4v) is 2.11. The third-order valence-corrected chi connectivity index (χ3v) is 2.94. The maximum atomic E-state index is 4.48. The molecule has 1 aromatic carbocycles. The van der Waals surface area contributed by atoms with E-state index in [-0.39, 0.29) is 0 Å². The molecule has 0 aliphatic heterocycles. The lowest BCUT2D eigenvalue weighted by Crippen LogP contribution is -2.07. The van der Waals surface area contributed by atoms with Crippen LogP contribution in [-0.4, -0.2) is 16.1 Å². The standard InChI is InChI=1S/C15H21N3/c1-3-16-15-17-13(2)12-18(15)11-7-10-14-8-5-4-6-9-14/h4-6,8-9,12H,3,7,10-11H2,1-2H3,(H,16,17). The SMILES string of the molecule is CCNc1nc(C)cn1CCCc1ccccc1. The van der Waals surface area contributed by atoms with Gasteiger partial charge in [0.1, 0.15) is 0 Å². The second-order valence-electron chi connectivity index (χ2n) is 4.52. The van der Waals surface area contributed by atoms with Crippen LogP contribution in [0.2, 0.25) is 0 Å². The monoisotopic (exact) mass is 243 g/mol. The first kappa shape index (κ1) is 12.7. The molecule has 1 N–H and O–H groups in total. The normalized spacial score (nSPS) is 10.6. The molecule has 0 unspecified atom stereocenters. The Morgan fingerprint density at radius 3 is 2.72 bits per heavy atom. The summed E-state index contributed by atoms with van der Waals surface area (Å²) in [6.07, 6.45) is 4.37. The maximum Gasteiger partial charge on any atom is 0.203 e. The predicted octanol–water partition coefficient (Wildman–Crippen LogP) is 3.26. The summed E-state index contributed by atoms with van der Waals surface area (Å²) in [5.41, 5.74) is 2.48. The van der Waals surface area contributed by atoms with Crippen molar-refractivity contribution in [2.24, 2.45) is 0 Å². The number of hydrogen-bond acceptors (Lipinski definition) is 2. The summed E-state index contributed by atoms with van der Waals surface area (Å²) in [5.74, 6) is 0.989. The Morgan fingerprint density at radius 2 is 2.00 bits per heavy atom. The van der Waals surface area contributed by atoms with Crippen molar-refractivity contribution >= 4 is 5.95 Å². The van der Waals surface area contributed by atoms with Crippen LogP contribution < -0.4 is 5.32 Å². The molecule has 3 heteroatoms. The van der Waals surface area contributed by atoms with Crippen LogP contribution in [0.3, 0.4) is 0 Å². The molecule has 3 nitrogen and oxygen atoms in total. The number of benzene rings is 1. The molecule has 0 atom stereocenters. The number of imidazole rings is 1. The average molecular weight is 243 g/mol. The van der Waals surface area contributed by atoms with Gasteiger partial charge in [-0.15, -0.1) is 0 Å². The fourth-order valence-electron chi connectivity index (χ4n) is 2.11. The van der Waals surface area contributed by atoms with Gasteiger partial charge < -0.3 is 9.88 Å². The van der Waals surface area contributed by atoms with E-state index in [0.29, 0.717) is 0 Å². The minimum absolute atomic E-state index is 0.912. The van der Waals surface area contributed by atoms with Gasteiger partial charge in [-0.2, -0.15) is 0 Å². The number of hydrogen-bond donors (Lipinski definition) is 1. The highest BCUT2D eigenvalue weighted by Gasteiger charge is 2.03. The van der Waals surface area contributed by atoms with Crippen molar-refractivity contribution in [1.82, 2.24) is 9.55 Å². The highest BCUT2D eigenvalue weighted by molar-refractivity contribution is 5.28. The minimum atomic E-state index is 0.912. The van der Waals surface area contributed by atoms with Gasteiger partial charge in [-0.25, -0.2) is 4.98 Å². The van der Waals surface area contributed by atoms with Crippen molar-refractivity contribution in [2.45, 2.75) is 33.2 Å². The van der Waals surface area contributed by atoms with Gasteiger partial charge in [-0.1, -0.05) is 30.3 Å². The third-order valence-electron chi connectivity index (χ3n) is 2.94. The van der Waals surface area contributed by atoms with E-state index in [1.165, 1.54) is 5.56 Å². The topological polar surface area (TPSA) is 29.9 Å². The van der Waals surface area contributed by atoms with Crippen LogP contribution in [0.25, 0.3) is 0 Å². The van der Waals surface area contributed by atoms with Crippen molar-refractivity contribution in [1.29, 1.82) is 0 Å². The molecule has 0 aliphatic carbocycles. The van der Waals surface area contributed by atoms with E-state index in [9.17, 15) is 0 Å². The quantitative estimate of drug-likeness (QED) is 0.844. The van der Waals surface area contributed by atoms with E-state index < -0.39 is 0 Å². The van der Waals surface area contributed by atoms with E-state index in [0.717, 1.165) is 37.6 Å². The molecular weight excluding hydrogens is 222 g/mol. The van der Waals surface area contributed by atoms with E-state index >= 15 is 0 Å². The second kappa shape index (κ2) is 6.24. The highest BCUT2D eigenvalue weighted by atomic mass is 15.2. The average Bonchev–Trinajstić information content (AvgIpc) is 2.72. The molecule has 0 saturated heterocycles. The Morgan fingerprint density at radius 1 is 1.22 bits per heavy atom. The molecule has 0 aliphatic rings. The minimum Gasteiger partial charge on any atom is -0.356 e. The number of nitrogens with one attached hydrogen (secondary N) is 1. The first-order chi connectivity index (χ1) is 8.79. The number of aryl methyl sites for hydroxylation is 3. The molecule has 1 heterocycles. The van der Waals surface area contributed by atoms with Gasteiger partial charge in [0.25, 0.3) is 0 Å². The highest BCUT2D eigenvalue weighted by Crippen LogP contribution is 2.10. The zero-order chi connectivity index (χ0) is 12.8. The molecule has 2 rings (SSSR count). The van der Waals surface area contributed by atoms with Crippen molar-refractivity contribution in [3.63, 3.8) is 0 Å². The van der Waals surface area contributed by atoms with Gasteiger partial charge in [0.15, 0.2) is 0 Å². The fraction of sp³-hybridized carbons (Fsp3) is 0.400. The summed E-state index contributed by atoms with van der Waals surface area (Å²) in [6, 6.07) is 10.6. The van der Waals surface area contributed by atoms with E-state index in [4.69, 9.17) is 0 Å². The zero-order valence-corrected chi connectivity index (χ0v) is 11.2. The van der Waals surface area contributed by atoms with Gasteiger partial charge in [0, 0.05) is 19.3 Å². The van der Waals surface area contributed by atoms with E-state index in [2.05, 4.69) is 58.3 Å². The van der Waals surface area contributed by atoms with Crippen LogP contribution in [0.15, 0.2) is 36.5 Å². The summed E-state index contributed by atoms with van der Waals surface area (Å²) in [5, 5.41) is 3.30. The Balaban J connectivity index is 1.90.